The van der Waals surface area contributed by atoms with Gasteiger partial charge in [0.25, 0.3) is 0 Å². The number of nitrogens with zero attached hydrogens (tertiary/aromatic N) is 2. The van der Waals surface area contributed by atoms with Gasteiger partial charge in [0.15, 0.2) is 0 Å². The van der Waals surface area contributed by atoms with Gasteiger partial charge in [-0.25, -0.2) is 9.98 Å². The molecule has 0 radical (unpaired) electrons. The Balaban J connectivity index is 1.16. The lowest BCUT2D eigenvalue weighted by Gasteiger charge is -2.17. The summed E-state index contributed by atoms with van der Waals surface area (Å²) in [6, 6.07) is 133. The first-order valence-electron chi connectivity index (χ1n) is 36.7. The highest BCUT2D eigenvalue weighted by Crippen LogP contribution is 2.51. The SMILES string of the molecule is c1ccc(CCc2c3[nH]c(c2CCc2ccccc2)C(c2ccccc2)=C2N=C(C(c4ccccc4)=C2c2ccccc2)C(c2ccccc2)=c2[nH]c(c(CCc4ccccc4)c2CCc2ccccc2)=C(c2ccccc2)C2=NC(=C3c3ccccc3)C(c3ccccc3)=C2c2ccccc2)cc1. The Morgan fingerprint density at radius 1 is 0.173 bits per heavy atom. The molecule has 12 aromatic carbocycles. The van der Waals surface area contributed by atoms with Gasteiger partial charge in [0.2, 0.25) is 0 Å². The molecule has 2 N–H and O–H groups in total. The molecule has 0 saturated carbocycles. The van der Waals surface area contributed by atoms with Crippen LogP contribution in [-0.4, -0.2) is 21.4 Å². The lowest BCUT2D eigenvalue weighted by atomic mass is 9.84. The Hall–Kier alpha value is -12.8. The molecule has 8 bridgehead atoms. The van der Waals surface area contributed by atoms with E-state index in [-0.39, 0.29) is 0 Å². The van der Waals surface area contributed by atoms with Crippen LogP contribution in [0, 0.1) is 0 Å². The van der Waals surface area contributed by atoms with Gasteiger partial charge in [-0.2, -0.15) is 0 Å². The number of hydrogen-bond acceptors (Lipinski definition) is 2. The van der Waals surface area contributed by atoms with Gasteiger partial charge >= 0.3 is 0 Å². The zero-order chi connectivity index (χ0) is 69.4. The molecule has 4 heterocycles. The summed E-state index contributed by atoms with van der Waals surface area (Å²) >= 11 is 0. The average Bonchev–Trinajstić information content (AvgIpc) is 1.56. The van der Waals surface area contributed by atoms with Gasteiger partial charge in [-0.05, 0) is 140 Å². The van der Waals surface area contributed by atoms with Crippen LogP contribution in [0.15, 0.2) is 385 Å². The average molecular weight is 1340 g/mol. The van der Waals surface area contributed by atoms with Crippen molar-refractivity contribution in [2.45, 2.75) is 51.4 Å². The maximum Gasteiger partial charge on any atom is 0.0822 e. The van der Waals surface area contributed by atoms with Gasteiger partial charge in [0, 0.05) is 44.6 Å². The zero-order valence-corrected chi connectivity index (χ0v) is 58.2. The summed E-state index contributed by atoms with van der Waals surface area (Å²) in [4.78, 5) is 22.3. The van der Waals surface area contributed by atoms with E-state index >= 15 is 0 Å². The lowest BCUT2D eigenvalue weighted by molar-refractivity contribution is 0.894. The highest BCUT2D eigenvalue weighted by molar-refractivity contribution is 6.52. The van der Waals surface area contributed by atoms with Crippen molar-refractivity contribution >= 4 is 56.0 Å². The van der Waals surface area contributed by atoms with Gasteiger partial charge < -0.3 is 9.97 Å². The van der Waals surface area contributed by atoms with Gasteiger partial charge in [0.05, 0.1) is 44.9 Å². The van der Waals surface area contributed by atoms with E-state index in [1.807, 2.05) is 0 Å². The number of hydrogen-bond donors (Lipinski definition) is 2. The molecule has 498 valence electrons. The third-order valence-corrected chi connectivity index (χ3v) is 20.8. The maximum absolute atomic E-state index is 6.57. The van der Waals surface area contributed by atoms with Crippen LogP contribution in [-0.2, 0) is 51.4 Å². The number of rotatable bonds is 20. The normalized spacial score (nSPS) is 13.6. The van der Waals surface area contributed by atoms with E-state index in [1.54, 1.807) is 0 Å². The van der Waals surface area contributed by atoms with Gasteiger partial charge in [0.1, 0.15) is 0 Å². The van der Waals surface area contributed by atoms with Gasteiger partial charge in [-0.3, -0.25) is 0 Å². The summed E-state index contributed by atoms with van der Waals surface area (Å²) in [5, 5.41) is 2.07. The Kier molecular flexibility index (Phi) is 18.5. The van der Waals surface area contributed by atoms with Crippen molar-refractivity contribution in [1.29, 1.82) is 0 Å². The molecular weight excluding hydrogens is 1260 g/mol. The number of fused-ring (bicyclic) bond motifs is 10. The minimum absolute atomic E-state index is 0.730. The molecule has 0 saturated heterocycles. The van der Waals surface area contributed by atoms with Crippen LogP contribution in [0.3, 0.4) is 0 Å². The number of H-pyrrole nitrogens is 2. The number of allylic oxidation sites excluding steroid dienone is 4. The first-order valence-corrected chi connectivity index (χ1v) is 36.7. The van der Waals surface area contributed by atoms with E-state index in [0.717, 1.165) is 185 Å². The van der Waals surface area contributed by atoms with Crippen LogP contribution in [0.2, 0.25) is 0 Å². The highest BCUT2D eigenvalue weighted by atomic mass is 14.9. The molecule has 1 aliphatic carbocycles. The number of aromatic nitrogens is 2. The summed E-state index contributed by atoms with van der Waals surface area (Å²) in [5.74, 6) is 0. The fourth-order valence-corrected chi connectivity index (χ4v) is 16.0. The number of aryl methyl sites for hydroxylation is 4. The molecule has 2 aliphatic heterocycles. The molecule has 0 fully saturated rings. The fourth-order valence-electron chi connectivity index (χ4n) is 16.0. The maximum atomic E-state index is 6.57. The monoisotopic (exact) mass is 1330 g/mol. The van der Waals surface area contributed by atoms with E-state index in [1.165, 1.54) is 44.5 Å². The van der Waals surface area contributed by atoms with Gasteiger partial charge in [-0.1, -0.05) is 364 Å². The topological polar surface area (TPSA) is 56.3 Å². The Morgan fingerprint density at radius 3 is 0.625 bits per heavy atom. The number of aliphatic imine (C=N–C) groups is 2. The molecule has 14 aromatic rings. The Labute approximate surface area is 610 Å². The first-order chi connectivity index (χ1) is 51.7. The Morgan fingerprint density at radius 2 is 0.375 bits per heavy atom. The third-order valence-electron chi connectivity index (χ3n) is 20.8. The van der Waals surface area contributed by atoms with Crippen molar-refractivity contribution in [2.24, 2.45) is 9.98 Å². The molecule has 0 unspecified atom stereocenters. The van der Waals surface area contributed by atoms with E-state index in [2.05, 4.69) is 374 Å². The van der Waals surface area contributed by atoms with E-state index in [0.29, 0.717) is 0 Å². The molecule has 0 amide bonds. The van der Waals surface area contributed by atoms with Crippen molar-refractivity contribution < 1.29 is 0 Å². The van der Waals surface area contributed by atoms with E-state index in [4.69, 9.17) is 9.98 Å². The molecule has 3 aliphatic rings. The third kappa shape index (κ3) is 13.0. The van der Waals surface area contributed by atoms with Crippen LogP contribution in [0.25, 0.3) is 44.6 Å². The standard InChI is InChI=1S/C100H78N4/c1-13-37-69(38-14-1)61-65-81-82(66-62-70-39-15-2-16-40-70)94-90(78-55-31-10-32-56-78)98-87(75-49-25-7-26-50-75)88(76-51-27-8-28-52-76)100(104-98)92(80-59-35-12-36-60-80)96-84(68-64-72-43-19-4-20-44-72)83(67-63-71-41-17-3-18-42-71)95(102-96)91(79-57-33-11-34-58-79)99-86(74-47-23-6-24-48-74)85(73-45-21-5-22-46-73)97(103-99)89(93(81)101-94)77-53-29-9-30-54-77/h1-60,101-102H,61-68H2. The molecule has 0 spiro atoms. The number of benzene rings is 12. The first kappa shape index (κ1) is 64.6. The second kappa shape index (κ2) is 29.8. The summed E-state index contributed by atoms with van der Waals surface area (Å²) in [5.41, 5.74) is 32.6. The predicted octanol–water partition coefficient (Wildman–Crippen LogP) is 21.2. The van der Waals surface area contributed by atoms with Crippen LogP contribution in [0.5, 0.6) is 0 Å². The van der Waals surface area contributed by atoms with E-state index < -0.39 is 0 Å². The summed E-state index contributed by atoms with van der Waals surface area (Å²) < 4.78 is 0. The second-order valence-electron chi connectivity index (χ2n) is 27.2. The Bertz CT molecular complexity index is 5360. The molecule has 4 heteroatoms. The van der Waals surface area contributed by atoms with Crippen molar-refractivity contribution in [1.82, 2.24) is 9.97 Å². The molecular formula is C100H78N4. The fraction of sp³-hybridized carbons (Fsp3) is 0.0800. The zero-order valence-electron chi connectivity index (χ0n) is 58.2. The largest absolute Gasteiger partial charge is 0.354 e. The summed E-state index contributed by atoms with van der Waals surface area (Å²) in [7, 11) is 0. The number of nitrogens with one attached hydrogen (secondary N) is 2. The summed E-state index contributed by atoms with van der Waals surface area (Å²) in [6.45, 7) is 0. The van der Waals surface area contributed by atoms with Crippen molar-refractivity contribution in [3.8, 4) is 0 Å². The smallest absolute Gasteiger partial charge is 0.0822 e. The van der Waals surface area contributed by atoms with Crippen LogP contribution in [0.4, 0.5) is 0 Å². The van der Waals surface area contributed by atoms with Crippen LogP contribution >= 0.6 is 0 Å². The van der Waals surface area contributed by atoms with Crippen molar-refractivity contribution in [3.05, 3.63) is 486 Å². The molecule has 0 atom stereocenters. The van der Waals surface area contributed by atoms with Crippen molar-refractivity contribution in [2.75, 3.05) is 0 Å². The van der Waals surface area contributed by atoms with Crippen molar-refractivity contribution in [3.63, 3.8) is 0 Å². The van der Waals surface area contributed by atoms with Crippen LogP contribution in [0.1, 0.15) is 100 Å². The number of aromatic amines is 2. The minimum Gasteiger partial charge on any atom is -0.354 e. The van der Waals surface area contributed by atoms with E-state index in [9.17, 15) is 0 Å². The molecule has 104 heavy (non-hydrogen) atoms. The minimum atomic E-state index is 0.730. The van der Waals surface area contributed by atoms with Crippen LogP contribution < -0.4 is 10.7 Å². The predicted molar refractivity (Wildman–Crippen MR) is 433 cm³/mol. The highest BCUT2D eigenvalue weighted by Gasteiger charge is 2.39. The second-order valence-corrected chi connectivity index (χ2v) is 27.2. The molecule has 4 nitrogen and oxygen atoms in total. The quantitative estimate of drug-likeness (QED) is 0.0764. The summed E-state index contributed by atoms with van der Waals surface area (Å²) in [6.07, 6.45) is 6.12. The van der Waals surface area contributed by atoms with Gasteiger partial charge in [-0.15, -0.1) is 0 Å². The molecule has 17 rings (SSSR count). The lowest BCUT2D eigenvalue weighted by Crippen LogP contribution is -2.24. The molecule has 2 aromatic heterocycles.